The maximum atomic E-state index is 12.6. The molecular weight excluding hydrogens is 841 g/mol. The van der Waals surface area contributed by atoms with Gasteiger partial charge in [-0.15, -0.1) is 25.6 Å². The summed E-state index contributed by atoms with van der Waals surface area (Å²) in [6, 6.07) is 10.4. The molecule has 28 heteroatoms. The molecule has 4 aromatic rings. The van der Waals surface area contributed by atoms with Crippen molar-refractivity contribution in [3.63, 3.8) is 0 Å². The Kier molecular flexibility index (Phi) is 13.0. The predicted octanol–water partition coefficient (Wildman–Crippen LogP) is 4.99. The number of benzene rings is 4. The highest BCUT2D eigenvalue weighted by Gasteiger charge is 2.24. The third kappa shape index (κ3) is 11.5. The summed E-state index contributed by atoms with van der Waals surface area (Å²) in [7, 11) is -18.2. The summed E-state index contributed by atoms with van der Waals surface area (Å²) in [6.45, 7) is 0.751. The van der Waals surface area contributed by atoms with E-state index in [1.165, 1.54) is 19.2 Å². The predicted molar refractivity (Wildman–Crippen MR) is 201 cm³/mol. The number of ether oxygens (including phenoxy) is 1. The van der Waals surface area contributed by atoms with Crippen LogP contribution in [0.2, 0.25) is 0 Å². The molecule has 0 saturated heterocycles. The van der Waals surface area contributed by atoms with Crippen molar-refractivity contribution in [3.8, 4) is 5.75 Å². The van der Waals surface area contributed by atoms with Gasteiger partial charge >= 0.3 is 16.4 Å². The molecule has 0 heterocycles. The van der Waals surface area contributed by atoms with Gasteiger partial charge in [0.2, 0.25) is 0 Å². The van der Waals surface area contributed by atoms with E-state index in [9.17, 15) is 47.6 Å². The second kappa shape index (κ2) is 17.0. The van der Waals surface area contributed by atoms with Gasteiger partial charge in [0.05, 0.1) is 47.1 Å². The maximum Gasteiger partial charge on any atom is 0.397 e. The third-order valence-electron chi connectivity index (χ3n) is 7.12. The van der Waals surface area contributed by atoms with Gasteiger partial charge in [0, 0.05) is 0 Å². The molecular formula is C29H30N10O14S4. The number of carbonyl (C=O) groups excluding carboxylic acids is 1. The second-order valence-electron chi connectivity index (χ2n) is 11.2. The first-order valence-electron chi connectivity index (χ1n) is 15.2. The van der Waals surface area contributed by atoms with Crippen LogP contribution in [0.1, 0.15) is 5.56 Å². The number of methoxy groups -OCH3 is 1. The first-order chi connectivity index (χ1) is 26.4. The van der Waals surface area contributed by atoms with Gasteiger partial charge in [-0.1, -0.05) is 6.07 Å². The zero-order valence-electron chi connectivity index (χ0n) is 29.1. The molecule has 0 aliphatic rings. The molecule has 0 aromatic heterocycles. The number of azo groups is 3. The summed E-state index contributed by atoms with van der Waals surface area (Å²) in [6.07, 6.45) is 0. The molecule has 0 radical (unpaired) electrons. The summed E-state index contributed by atoms with van der Waals surface area (Å²) < 4.78 is 133. The Labute approximate surface area is 323 Å². The van der Waals surface area contributed by atoms with Crippen molar-refractivity contribution in [1.29, 1.82) is 0 Å². The van der Waals surface area contributed by atoms with E-state index in [1.54, 1.807) is 25.1 Å². The lowest BCUT2D eigenvalue weighted by Gasteiger charge is -2.11. The summed E-state index contributed by atoms with van der Waals surface area (Å²) in [5, 5.41) is 25.8. The number of amides is 2. The zero-order chi connectivity index (χ0) is 42.5. The number of nitrogens with one attached hydrogen (secondary N) is 1. The number of anilines is 3. The molecule has 10 N–H and O–H groups in total. The molecule has 0 saturated carbocycles. The number of primary amides is 1. The number of aryl methyl sites for hydroxylation is 1. The van der Waals surface area contributed by atoms with E-state index in [0.29, 0.717) is 11.8 Å². The number of rotatable bonds is 15. The van der Waals surface area contributed by atoms with Gasteiger partial charge in [-0.25, -0.2) is 17.4 Å². The molecule has 2 amide bonds. The lowest BCUT2D eigenvalue weighted by atomic mass is 10.2. The molecule has 0 unspecified atom stereocenters. The smallest absolute Gasteiger partial charge is 0.397 e. The van der Waals surface area contributed by atoms with Gasteiger partial charge in [0.1, 0.15) is 44.0 Å². The van der Waals surface area contributed by atoms with E-state index < -0.39 is 90.6 Å². The average Bonchev–Trinajstić information content (AvgIpc) is 3.09. The topological polar surface area (TPSA) is 397 Å². The van der Waals surface area contributed by atoms with Crippen LogP contribution in [-0.2, 0) is 44.7 Å². The van der Waals surface area contributed by atoms with E-state index in [1.807, 2.05) is 0 Å². The van der Waals surface area contributed by atoms with E-state index in [2.05, 4.69) is 40.2 Å². The first kappa shape index (κ1) is 43.7. The Balaban J connectivity index is 1.73. The van der Waals surface area contributed by atoms with E-state index in [-0.39, 0.29) is 34.1 Å². The van der Waals surface area contributed by atoms with Crippen LogP contribution in [0.4, 0.5) is 56.0 Å². The molecule has 4 aromatic carbocycles. The highest BCUT2D eigenvalue weighted by molar-refractivity contribution is 7.91. The van der Waals surface area contributed by atoms with Crippen LogP contribution >= 0.6 is 0 Å². The van der Waals surface area contributed by atoms with Gasteiger partial charge in [0.15, 0.2) is 9.84 Å². The Morgan fingerprint density at radius 2 is 1.32 bits per heavy atom. The Morgan fingerprint density at radius 1 is 0.702 bits per heavy atom. The fraction of sp³-hybridized carbons (Fsp3) is 0.138. The highest BCUT2D eigenvalue weighted by atomic mass is 32.3. The van der Waals surface area contributed by atoms with E-state index in [0.717, 1.165) is 29.8 Å². The van der Waals surface area contributed by atoms with Crippen molar-refractivity contribution in [3.05, 3.63) is 66.2 Å². The monoisotopic (exact) mass is 870 g/mol. The standard InChI is InChI=1S/C29H30N10O14S4/c1-15-3-8-23(52-2)21(11-15)37-39-28-26(30)22(14-25(27(28)31)56(46,47)48)38-34-16-4-6-18(20(12-16)33-29(32)40)35-36-19-7-5-17(13-24(19)55(43,44)45)54(41,42)10-9-53-57(49,50)51/h3-8,11-14H,9-10,30-31H2,1-2H3,(H3,32,33,40)(H,43,44,45)(H,46,47,48)(H,49,50,51). The Hall–Kier alpha value is -6.01. The largest absolute Gasteiger partial charge is 0.494 e. The van der Waals surface area contributed by atoms with Gasteiger partial charge in [-0.3, -0.25) is 13.7 Å². The number of urea groups is 1. The molecule has 4 rings (SSSR count). The van der Waals surface area contributed by atoms with Gasteiger partial charge in [-0.05, 0) is 67.1 Å². The number of hydrogen-bond acceptors (Lipinski definition) is 19. The normalized spacial score (nSPS) is 12.8. The van der Waals surface area contributed by atoms with Crippen LogP contribution < -0.4 is 27.3 Å². The van der Waals surface area contributed by atoms with Crippen molar-refractivity contribution in [2.75, 3.05) is 36.3 Å². The summed E-state index contributed by atoms with van der Waals surface area (Å²) in [5.74, 6) is -0.713. The summed E-state index contributed by atoms with van der Waals surface area (Å²) in [5.41, 5.74) is 15.8. The molecule has 304 valence electrons. The number of nitrogen functional groups attached to an aromatic ring is 2. The van der Waals surface area contributed by atoms with E-state index in [4.69, 9.17) is 26.5 Å². The van der Waals surface area contributed by atoms with Crippen LogP contribution in [0.15, 0.2) is 106 Å². The minimum Gasteiger partial charge on any atom is -0.494 e. The molecule has 0 fully saturated rings. The third-order valence-corrected chi connectivity index (χ3v) is 11.0. The van der Waals surface area contributed by atoms with Gasteiger partial charge < -0.3 is 27.3 Å². The first-order valence-corrected chi connectivity index (χ1v) is 21.1. The minimum atomic E-state index is -5.17. The fourth-order valence-electron chi connectivity index (χ4n) is 4.52. The molecule has 57 heavy (non-hydrogen) atoms. The minimum absolute atomic E-state index is 0.0684. The van der Waals surface area contributed by atoms with Crippen LogP contribution in [0, 0.1) is 6.92 Å². The lowest BCUT2D eigenvalue weighted by Crippen LogP contribution is -2.19. The van der Waals surface area contributed by atoms with E-state index >= 15 is 0 Å². The average molecular weight is 871 g/mol. The molecule has 0 bridgehead atoms. The fourth-order valence-corrected chi connectivity index (χ4v) is 7.39. The van der Waals surface area contributed by atoms with Crippen LogP contribution in [-0.4, -0.2) is 72.8 Å². The quantitative estimate of drug-likeness (QED) is 0.0470. The molecule has 0 spiro atoms. The van der Waals surface area contributed by atoms with Crippen LogP contribution in [0.3, 0.4) is 0 Å². The molecule has 0 aliphatic heterocycles. The second-order valence-corrected chi connectivity index (χ2v) is 17.2. The van der Waals surface area contributed by atoms with Crippen LogP contribution in [0.25, 0.3) is 0 Å². The lowest BCUT2D eigenvalue weighted by molar-refractivity contribution is 0.259. The number of sulfone groups is 1. The van der Waals surface area contributed by atoms with Crippen molar-refractivity contribution < 1.29 is 61.0 Å². The Bertz CT molecular complexity index is 2800. The highest BCUT2D eigenvalue weighted by Crippen LogP contribution is 2.44. The number of carbonyl (C=O) groups is 1. The van der Waals surface area contributed by atoms with Crippen molar-refractivity contribution in [2.45, 2.75) is 21.6 Å². The van der Waals surface area contributed by atoms with Gasteiger partial charge in [-0.2, -0.15) is 30.4 Å². The number of hydrogen-bond donors (Lipinski definition) is 7. The summed E-state index contributed by atoms with van der Waals surface area (Å²) >= 11 is 0. The molecule has 24 nitrogen and oxygen atoms in total. The SMILES string of the molecule is COc1ccc(C)cc1N=Nc1c(N)c(N=Nc2ccc(N=Nc3ccc(S(=O)(=O)CCOS(=O)(=O)O)cc3S(=O)(=O)O)c(NC(N)=O)c2)cc(S(=O)(=O)O)c1N. The molecule has 0 atom stereocenters. The van der Waals surface area contributed by atoms with Crippen molar-refractivity contribution >= 4 is 97.7 Å². The number of nitrogens with two attached hydrogens (primary N) is 3. The summed E-state index contributed by atoms with van der Waals surface area (Å²) in [4.78, 5) is 9.25. The Morgan fingerprint density at radius 3 is 1.93 bits per heavy atom. The van der Waals surface area contributed by atoms with Crippen molar-refractivity contribution in [2.24, 2.45) is 36.4 Å². The maximum absolute atomic E-state index is 12.6. The van der Waals surface area contributed by atoms with Crippen molar-refractivity contribution in [1.82, 2.24) is 0 Å². The number of nitrogens with zero attached hydrogens (tertiary/aromatic N) is 6. The van der Waals surface area contributed by atoms with Crippen LogP contribution in [0.5, 0.6) is 5.75 Å². The zero-order valence-corrected chi connectivity index (χ0v) is 32.3. The molecule has 0 aliphatic carbocycles. The van der Waals surface area contributed by atoms with Gasteiger partial charge in [0.25, 0.3) is 20.2 Å².